The third-order valence-electron chi connectivity index (χ3n) is 0. The molecule has 0 fully saturated rings. The SMILES string of the molecule is C=O.O=S(O)O.[NaH].[NaH]. The van der Waals surface area contributed by atoms with Crippen LogP contribution in [-0.2, 0) is 16.2 Å². The molecule has 0 unspecified atom stereocenters. The average molecular weight is 160 g/mol. The van der Waals surface area contributed by atoms with Crippen LogP contribution in [0.15, 0.2) is 0 Å². The van der Waals surface area contributed by atoms with E-state index in [0.717, 1.165) is 0 Å². The zero-order valence-corrected chi connectivity index (χ0v) is 3.64. The number of hydrogen-bond donors (Lipinski definition) is 2. The third-order valence-corrected chi connectivity index (χ3v) is 0. The second-order valence-electron chi connectivity index (χ2n) is 0.231. The van der Waals surface area contributed by atoms with Gasteiger partial charge in [0.25, 0.3) is 11.4 Å². The fourth-order valence-corrected chi connectivity index (χ4v) is 0. The van der Waals surface area contributed by atoms with Crippen molar-refractivity contribution in [1.82, 2.24) is 0 Å². The van der Waals surface area contributed by atoms with Crippen molar-refractivity contribution in [3.8, 4) is 0 Å². The van der Waals surface area contributed by atoms with Crippen LogP contribution in [0, 0.1) is 0 Å². The normalized spacial score (nSPS) is 4.88. The molecule has 0 aromatic carbocycles. The van der Waals surface area contributed by atoms with Gasteiger partial charge in [0.2, 0.25) is 0 Å². The van der Waals surface area contributed by atoms with Gasteiger partial charge in [-0.25, -0.2) is 0 Å². The van der Waals surface area contributed by atoms with Gasteiger partial charge in [0, 0.05) is 0 Å². The van der Waals surface area contributed by atoms with Crippen molar-refractivity contribution in [1.29, 1.82) is 0 Å². The molecule has 0 aromatic rings. The molecular formula is CH6Na2O4S. The molecule has 0 amide bonds. The first kappa shape index (κ1) is 22.6. The molecule has 8 heavy (non-hydrogen) atoms. The molecule has 0 aliphatic rings. The van der Waals surface area contributed by atoms with Gasteiger partial charge in [0.05, 0.1) is 0 Å². The summed E-state index contributed by atoms with van der Waals surface area (Å²) in [6.07, 6.45) is 0. The molecule has 4 nitrogen and oxygen atoms in total. The molecule has 0 saturated carbocycles. The zero-order chi connectivity index (χ0) is 5.58. The van der Waals surface area contributed by atoms with Gasteiger partial charge in [-0.15, -0.1) is 0 Å². The minimum atomic E-state index is -2.61. The first-order valence-corrected chi connectivity index (χ1v) is 1.88. The number of carbonyl (C=O) groups excluding carboxylic acids is 1. The maximum absolute atomic E-state index is 8.67. The molecule has 0 aliphatic heterocycles. The summed E-state index contributed by atoms with van der Waals surface area (Å²) >= 11 is -2.61. The van der Waals surface area contributed by atoms with Crippen LogP contribution < -0.4 is 0 Å². The summed E-state index contributed by atoms with van der Waals surface area (Å²) in [5.41, 5.74) is 0. The van der Waals surface area contributed by atoms with E-state index in [1.807, 2.05) is 6.79 Å². The van der Waals surface area contributed by atoms with Crippen LogP contribution in [0.3, 0.4) is 0 Å². The second-order valence-corrected chi connectivity index (χ2v) is 0.692. The van der Waals surface area contributed by atoms with Gasteiger partial charge in [-0.3, -0.25) is 9.11 Å². The molecule has 2 N–H and O–H groups in total. The maximum atomic E-state index is 8.67. The third kappa shape index (κ3) is 116. The van der Waals surface area contributed by atoms with E-state index < -0.39 is 11.4 Å². The van der Waals surface area contributed by atoms with Gasteiger partial charge in [-0.1, -0.05) is 0 Å². The van der Waals surface area contributed by atoms with E-state index in [0.29, 0.717) is 0 Å². The number of hydrogen-bond acceptors (Lipinski definition) is 2. The molecule has 0 heterocycles. The van der Waals surface area contributed by atoms with Crippen molar-refractivity contribution in [3.63, 3.8) is 0 Å². The fourth-order valence-electron chi connectivity index (χ4n) is 0. The summed E-state index contributed by atoms with van der Waals surface area (Å²) in [7, 11) is 0. The quantitative estimate of drug-likeness (QED) is 0.324. The Kier molecular flexibility index (Phi) is 65.8. The van der Waals surface area contributed by atoms with E-state index in [2.05, 4.69) is 0 Å². The predicted molar refractivity (Wildman–Crippen MR) is 34.8 cm³/mol. The van der Waals surface area contributed by atoms with Crippen LogP contribution in [0.5, 0.6) is 0 Å². The standard InChI is InChI=1S/CH2O.2Na.H2O3S.2H/c1-2;;;1-4(2)3;;/h1H2;;;(H2,1,2,3);;. The molecular weight excluding hydrogens is 154 g/mol. The van der Waals surface area contributed by atoms with Crippen molar-refractivity contribution in [2.75, 3.05) is 0 Å². The Labute approximate surface area is 94.1 Å². The van der Waals surface area contributed by atoms with Gasteiger partial charge in [0.1, 0.15) is 6.79 Å². The first-order chi connectivity index (χ1) is 2.73. The van der Waals surface area contributed by atoms with Crippen LogP contribution in [-0.4, -0.2) is 79.2 Å². The van der Waals surface area contributed by atoms with Crippen molar-refractivity contribution < 1.29 is 18.1 Å². The predicted octanol–water partition coefficient (Wildman–Crippen LogP) is -1.80. The van der Waals surface area contributed by atoms with E-state index >= 15 is 0 Å². The van der Waals surface area contributed by atoms with Gasteiger partial charge < -0.3 is 4.79 Å². The summed E-state index contributed by atoms with van der Waals surface area (Å²) < 4.78 is 22.8. The molecule has 0 bridgehead atoms. The van der Waals surface area contributed by atoms with E-state index in [1.54, 1.807) is 0 Å². The minimum absolute atomic E-state index is 0. The van der Waals surface area contributed by atoms with E-state index in [9.17, 15) is 0 Å². The van der Waals surface area contributed by atoms with Gasteiger partial charge in [-0.2, -0.15) is 4.21 Å². The number of carbonyl (C=O) groups is 1. The average Bonchev–Trinajstić information content (AvgIpc) is 1.41. The van der Waals surface area contributed by atoms with E-state index in [-0.39, 0.29) is 59.1 Å². The van der Waals surface area contributed by atoms with Crippen LogP contribution in [0.1, 0.15) is 0 Å². The van der Waals surface area contributed by atoms with Crippen LogP contribution in [0.25, 0.3) is 0 Å². The molecule has 7 heteroatoms. The van der Waals surface area contributed by atoms with Crippen molar-refractivity contribution in [3.05, 3.63) is 0 Å². The Hall–Kier alpha value is 1.74. The summed E-state index contributed by atoms with van der Waals surface area (Å²) in [5.74, 6) is 0. The molecule has 0 spiro atoms. The van der Waals surface area contributed by atoms with Crippen LogP contribution >= 0.6 is 0 Å². The van der Waals surface area contributed by atoms with Crippen LogP contribution in [0.4, 0.5) is 0 Å². The first-order valence-electron chi connectivity index (χ1n) is 0.820. The zero-order valence-electron chi connectivity index (χ0n) is 2.83. The fraction of sp³-hybridized carbons (Fsp3) is 0. The van der Waals surface area contributed by atoms with Crippen molar-refractivity contribution >= 4 is 77.3 Å². The summed E-state index contributed by atoms with van der Waals surface area (Å²) in [6, 6.07) is 0. The molecule has 0 rings (SSSR count). The summed E-state index contributed by atoms with van der Waals surface area (Å²) in [6.45, 7) is 2.00. The number of rotatable bonds is 0. The Morgan fingerprint density at radius 1 is 1.12 bits per heavy atom. The Bertz CT molecular complexity index is 45.3. The van der Waals surface area contributed by atoms with E-state index in [4.69, 9.17) is 18.1 Å². The molecule has 0 saturated heterocycles. The molecule has 0 aliphatic carbocycles. The molecule has 42 valence electrons. The van der Waals surface area contributed by atoms with E-state index in [1.165, 1.54) is 0 Å². The molecule has 0 aromatic heterocycles. The summed E-state index contributed by atoms with van der Waals surface area (Å²) in [5, 5.41) is 0. The van der Waals surface area contributed by atoms with Gasteiger partial charge >= 0.3 is 59.1 Å². The Morgan fingerprint density at radius 3 is 1.12 bits per heavy atom. The topological polar surface area (TPSA) is 74.6 Å². The second kappa shape index (κ2) is 23.3. The molecule has 0 atom stereocenters. The van der Waals surface area contributed by atoms with Crippen LogP contribution in [0.2, 0.25) is 0 Å². The molecule has 0 radical (unpaired) electrons. The van der Waals surface area contributed by atoms with Gasteiger partial charge in [0.15, 0.2) is 0 Å². The monoisotopic (exact) mass is 160 g/mol. The van der Waals surface area contributed by atoms with Crippen molar-refractivity contribution in [2.45, 2.75) is 0 Å². The Balaban J connectivity index is -0.0000000183. The summed E-state index contributed by atoms with van der Waals surface area (Å²) in [4.78, 5) is 8.00. The van der Waals surface area contributed by atoms with Gasteiger partial charge in [-0.05, 0) is 0 Å². The Morgan fingerprint density at radius 2 is 1.12 bits per heavy atom. The van der Waals surface area contributed by atoms with Crippen molar-refractivity contribution in [2.24, 2.45) is 0 Å².